The Bertz CT molecular complexity index is 1620. The van der Waals surface area contributed by atoms with Gasteiger partial charge < -0.3 is 10.3 Å². The Morgan fingerprint density at radius 3 is 2.79 bits per heavy atom. The van der Waals surface area contributed by atoms with Gasteiger partial charge in [0.15, 0.2) is 15.5 Å². The van der Waals surface area contributed by atoms with Gasteiger partial charge in [-0.05, 0) is 37.0 Å². The van der Waals surface area contributed by atoms with Crippen LogP contribution < -0.4 is 10.9 Å². The number of amides is 1. The first-order chi connectivity index (χ1) is 16.1. The third-order valence-corrected chi connectivity index (χ3v) is 8.04. The van der Waals surface area contributed by atoms with Crippen molar-refractivity contribution in [2.24, 2.45) is 0 Å². The molecule has 1 amide bonds. The molecule has 4 heterocycles. The normalized spacial score (nSPS) is 17.6. The average molecular weight is 480 g/mol. The average Bonchev–Trinajstić information content (AvgIpc) is 3.34. The first-order valence-corrected chi connectivity index (χ1v) is 13.0. The van der Waals surface area contributed by atoms with Crippen molar-refractivity contribution < 1.29 is 13.2 Å². The van der Waals surface area contributed by atoms with Crippen LogP contribution in [0.15, 0.2) is 41.5 Å². The number of benzene rings is 1. The number of hydrogen-bond donors (Lipinski definition) is 2. The largest absolute Gasteiger partial charge is 0.347 e. The summed E-state index contributed by atoms with van der Waals surface area (Å²) in [6.45, 7) is 5.77. The Balaban J connectivity index is 1.59. The first-order valence-electron chi connectivity index (χ1n) is 11.2. The number of nitrogens with zero attached hydrogens (tertiary/aromatic N) is 3. The van der Waals surface area contributed by atoms with Crippen molar-refractivity contribution in [2.45, 2.75) is 39.2 Å². The van der Waals surface area contributed by atoms with Crippen LogP contribution in [0.25, 0.3) is 27.7 Å². The molecule has 176 valence electrons. The Morgan fingerprint density at radius 1 is 1.29 bits per heavy atom. The molecule has 1 aliphatic rings. The Kier molecular flexibility index (Phi) is 5.27. The molecule has 4 aromatic rings. The van der Waals surface area contributed by atoms with E-state index in [2.05, 4.69) is 20.4 Å². The highest BCUT2D eigenvalue weighted by atomic mass is 32.2. The number of carbonyl (C=O) groups excluding carboxylic acids is 1. The van der Waals surface area contributed by atoms with E-state index in [-0.39, 0.29) is 28.7 Å². The number of aryl methyl sites for hydroxylation is 1. The van der Waals surface area contributed by atoms with E-state index in [0.29, 0.717) is 23.2 Å². The summed E-state index contributed by atoms with van der Waals surface area (Å²) in [6.07, 6.45) is 3.75. The number of H-pyrrole nitrogens is 1. The lowest BCUT2D eigenvalue weighted by molar-refractivity contribution is 0.0934. The summed E-state index contributed by atoms with van der Waals surface area (Å²) >= 11 is 0. The maximum absolute atomic E-state index is 13.1. The van der Waals surface area contributed by atoms with Crippen molar-refractivity contribution in [1.29, 1.82) is 0 Å². The monoisotopic (exact) mass is 479 g/mol. The highest BCUT2D eigenvalue weighted by Gasteiger charge is 2.31. The number of rotatable bonds is 4. The zero-order valence-electron chi connectivity index (χ0n) is 19.1. The van der Waals surface area contributed by atoms with Crippen LogP contribution >= 0.6 is 0 Å². The summed E-state index contributed by atoms with van der Waals surface area (Å²) in [5.74, 6) is -0.647. The van der Waals surface area contributed by atoms with Crippen molar-refractivity contribution in [2.75, 3.05) is 11.5 Å². The van der Waals surface area contributed by atoms with Gasteiger partial charge in [0.05, 0.1) is 28.9 Å². The predicted molar refractivity (Wildman–Crippen MR) is 130 cm³/mol. The number of aromatic nitrogens is 4. The lowest BCUT2D eigenvalue weighted by Crippen LogP contribution is -2.36. The second-order valence-corrected chi connectivity index (χ2v) is 11.4. The number of pyridine rings is 1. The van der Waals surface area contributed by atoms with Crippen molar-refractivity contribution >= 4 is 32.2 Å². The number of fused-ring (bicyclic) bond motifs is 2. The van der Waals surface area contributed by atoms with Gasteiger partial charge in [-0.3, -0.25) is 14.6 Å². The minimum absolute atomic E-state index is 0.0580. The van der Waals surface area contributed by atoms with E-state index in [0.717, 1.165) is 22.0 Å². The fourth-order valence-corrected chi connectivity index (χ4v) is 6.24. The van der Waals surface area contributed by atoms with Gasteiger partial charge in [0.25, 0.3) is 11.5 Å². The van der Waals surface area contributed by atoms with Crippen LogP contribution in [0.4, 0.5) is 0 Å². The molecule has 2 N–H and O–H groups in total. The lowest BCUT2D eigenvalue weighted by Gasteiger charge is -2.11. The van der Waals surface area contributed by atoms with Crippen molar-refractivity contribution in [1.82, 2.24) is 24.9 Å². The molecular weight excluding hydrogens is 454 g/mol. The van der Waals surface area contributed by atoms with Crippen LogP contribution in [0.2, 0.25) is 0 Å². The summed E-state index contributed by atoms with van der Waals surface area (Å²) in [5, 5.41) is 8.22. The second-order valence-electron chi connectivity index (χ2n) is 9.15. The summed E-state index contributed by atoms with van der Waals surface area (Å²) in [6, 6.07) is 7.39. The van der Waals surface area contributed by atoms with E-state index in [4.69, 9.17) is 0 Å². The van der Waals surface area contributed by atoms with Crippen LogP contribution in [0.3, 0.4) is 0 Å². The van der Waals surface area contributed by atoms with Crippen LogP contribution in [0.5, 0.6) is 0 Å². The molecule has 1 unspecified atom stereocenters. The van der Waals surface area contributed by atoms with Gasteiger partial charge in [0, 0.05) is 28.8 Å². The van der Waals surface area contributed by atoms with Crippen LogP contribution in [0, 0.1) is 6.92 Å². The van der Waals surface area contributed by atoms with Gasteiger partial charge >= 0.3 is 0 Å². The molecular formula is C24H25N5O4S. The molecule has 1 aliphatic heterocycles. The zero-order valence-corrected chi connectivity index (χ0v) is 19.9. The molecule has 3 aromatic heterocycles. The number of nitrogens with one attached hydrogen (secondary N) is 2. The van der Waals surface area contributed by atoms with E-state index < -0.39 is 21.8 Å². The molecule has 0 spiro atoms. The Morgan fingerprint density at radius 2 is 2.09 bits per heavy atom. The van der Waals surface area contributed by atoms with E-state index in [1.54, 1.807) is 12.4 Å². The van der Waals surface area contributed by atoms with Crippen molar-refractivity contribution in [3.63, 3.8) is 0 Å². The molecule has 0 aliphatic carbocycles. The molecule has 5 rings (SSSR count). The number of carbonyl (C=O) groups is 1. The molecule has 0 bridgehead atoms. The van der Waals surface area contributed by atoms with Gasteiger partial charge in [-0.25, -0.2) is 12.9 Å². The minimum atomic E-state index is -3.14. The Labute approximate surface area is 196 Å². The summed E-state index contributed by atoms with van der Waals surface area (Å²) < 4.78 is 25.0. The molecule has 34 heavy (non-hydrogen) atoms. The van der Waals surface area contributed by atoms with E-state index in [9.17, 15) is 18.0 Å². The number of hydrogen-bond acceptors (Lipinski definition) is 6. The topological polar surface area (TPSA) is 126 Å². The summed E-state index contributed by atoms with van der Waals surface area (Å²) in [7, 11) is -3.14. The zero-order chi connectivity index (χ0) is 24.2. The first kappa shape index (κ1) is 22.3. The third-order valence-electron chi connectivity index (χ3n) is 6.28. The summed E-state index contributed by atoms with van der Waals surface area (Å²) in [5.41, 5.74) is 3.79. The third kappa shape index (κ3) is 3.87. The SMILES string of the molecule is Cc1cccc2ncc(-c3cn4nc(C(=O)NC5CCS(=O)(=O)C5)c(C(C)C)c4c(=O)[nH]3)cc12. The second kappa shape index (κ2) is 8.05. The van der Waals surface area contributed by atoms with Gasteiger partial charge in [0.1, 0.15) is 5.52 Å². The molecule has 1 saturated heterocycles. The molecule has 1 atom stereocenters. The van der Waals surface area contributed by atoms with Crippen LogP contribution in [0.1, 0.15) is 47.8 Å². The number of sulfone groups is 1. The van der Waals surface area contributed by atoms with Gasteiger partial charge in [-0.1, -0.05) is 26.0 Å². The van der Waals surface area contributed by atoms with Crippen molar-refractivity contribution in [3.8, 4) is 11.3 Å². The lowest BCUT2D eigenvalue weighted by atomic mass is 10.0. The highest BCUT2D eigenvalue weighted by Crippen LogP contribution is 2.26. The molecule has 1 aromatic carbocycles. The summed E-state index contributed by atoms with van der Waals surface area (Å²) in [4.78, 5) is 33.6. The van der Waals surface area contributed by atoms with Crippen LogP contribution in [-0.2, 0) is 9.84 Å². The molecule has 0 saturated carbocycles. The smallest absolute Gasteiger partial charge is 0.274 e. The van der Waals surface area contributed by atoms with E-state index in [1.807, 2.05) is 45.0 Å². The van der Waals surface area contributed by atoms with E-state index >= 15 is 0 Å². The molecule has 10 heteroatoms. The fraction of sp³-hybridized carbons (Fsp3) is 0.333. The minimum Gasteiger partial charge on any atom is -0.347 e. The maximum Gasteiger partial charge on any atom is 0.274 e. The molecule has 9 nitrogen and oxygen atoms in total. The Hall–Kier alpha value is -3.53. The van der Waals surface area contributed by atoms with Gasteiger partial charge in [0.2, 0.25) is 0 Å². The quantitative estimate of drug-likeness (QED) is 0.463. The highest BCUT2D eigenvalue weighted by molar-refractivity contribution is 7.91. The molecule has 1 fully saturated rings. The van der Waals surface area contributed by atoms with Crippen LogP contribution in [-0.4, -0.2) is 51.5 Å². The van der Waals surface area contributed by atoms with Gasteiger partial charge in [-0.15, -0.1) is 0 Å². The molecule has 0 radical (unpaired) electrons. The van der Waals surface area contributed by atoms with Crippen molar-refractivity contribution in [3.05, 3.63) is 63.8 Å². The maximum atomic E-state index is 13.1. The standard InChI is InChI=1S/C24H25N5O4S/c1-13(2)20-21(23(30)26-16-7-8-34(32,33)12-16)28-29-11-19(27-24(31)22(20)29)15-9-17-14(3)5-4-6-18(17)25-10-15/h4-6,9-11,13,16H,7-8,12H2,1-3H3,(H,26,30)(H,27,31). The number of aromatic amines is 1. The van der Waals surface area contributed by atoms with Gasteiger partial charge in [-0.2, -0.15) is 5.10 Å². The van der Waals surface area contributed by atoms with E-state index in [1.165, 1.54) is 4.52 Å². The predicted octanol–water partition coefficient (Wildman–Crippen LogP) is 2.59. The fourth-order valence-electron chi connectivity index (χ4n) is 4.57.